The van der Waals surface area contributed by atoms with Crippen molar-refractivity contribution in [3.8, 4) is 5.75 Å². The van der Waals surface area contributed by atoms with Crippen molar-refractivity contribution in [2.24, 2.45) is 0 Å². The first-order valence-electron chi connectivity index (χ1n) is 5.12. The molecule has 0 aliphatic carbocycles. The molecule has 1 amide bonds. The van der Waals surface area contributed by atoms with Gasteiger partial charge in [0.05, 0.1) is 12.7 Å². The van der Waals surface area contributed by atoms with E-state index in [0.29, 0.717) is 23.3 Å². The van der Waals surface area contributed by atoms with Gasteiger partial charge in [0.1, 0.15) is 5.75 Å². The van der Waals surface area contributed by atoms with Crippen molar-refractivity contribution in [2.45, 2.75) is 0 Å². The summed E-state index contributed by atoms with van der Waals surface area (Å²) in [6.07, 6.45) is 4.26. The number of carbonyl (C=O) groups is 2. The lowest BCUT2D eigenvalue weighted by atomic mass is 10.2. The molecule has 0 aliphatic heterocycles. The number of benzene rings is 1. The highest BCUT2D eigenvalue weighted by atomic mass is 32.2. The van der Waals surface area contributed by atoms with E-state index in [0.717, 1.165) is 0 Å². The molecule has 1 N–H and O–H groups in total. The van der Waals surface area contributed by atoms with Gasteiger partial charge in [-0.15, -0.1) is 0 Å². The van der Waals surface area contributed by atoms with Crippen molar-refractivity contribution in [1.29, 1.82) is 0 Å². The molecular formula is C13H13NO3S. The number of carbonyl (C=O) groups excluding carboxylic acids is 2. The predicted molar refractivity (Wildman–Crippen MR) is 72.4 cm³/mol. The Hall–Kier alpha value is -2.01. The molecule has 0 fully saturated rings. The van der Waals surface area contributed by atoms with Crippen LogP contribution in [0, 0.1) is 0 Å². The summed E-state index contributed by atoms with van der Waals surface area (Å²) in [5.41, 5.74) is 0.415. The summed E-state index contributed by atoms with van der Waals surface area (Å²) < 4.78 is 7.47. The number of methoxy groups -OCH3 is 1. The molecule has 0 bridgehead atoms. The van der Waals surface area contributed by atoms with Crippen LogP contribution >= 0.6 is 11.9 Å². The lowest BCUT2D eigenvalue weighted by Crippen LogP contribution is -2.15. The minimum atomic E-state index is -0.372. The van der Waals surface area contributed by atoms with E-state index in [1.54, 1.807) is 24.3 Å². The first-order valence-corrected chi connectivity index (χ1v) is 5.94. The molecule has 5 heteroatoms. The summed E-state index contributed by atoms with van der Waals surface area (Å²) in [5.74, 6) is 0.106. The summed E-state index contributed by atoms with van der Waals surface area (Å²) in [6.45, 7) is 3.44. The number of nitrogens with one attached hydrogen (secondary N) is 1. The molecule has 0 unspecified atom stereocenters. The van der Waals surface area contributed by atoms with Gasteiger partial charge >= 0.3 is 0 Å². The Bertz CT molecular complexity index is 483. The first-order chi connectivity index (χ1) is 8.69. The van der Waals surface area contributed by atoms with E-state index in [-0.39, 0.29) is 11.0 Å². The molecule has 1 rings (SSSR count). The summed E-state index contributed by atoms with van der Waals surface area (Å²) in [4.78, 5) is 23.1. The zero-order valence-corrected chi connectivity index (χ0v) is 10.7. The number of amides is 1. The predicted octanol–water partition coefficient (Wildman–Crippen LogP) is 2.34. The minimum Gasteiger partial charge on any atom is -0.496 e. The number of hydrogen-bond acceptors (Lipinski definition) is 4. The van der Waals surface area contributed by atoms with Crippen LogP contribution in [0.2, 0.25) is 0 Å². The molecule has 1 aromatic carbocycles. The number of para-hydroxylation sites is 1. The van der Waals surface area contributed by atoms with E-state index in [9.17, 15) is 9.59 Å². The molecule has 0 aromatic heterocycles. The Morgan fingerprint density at radius 2 is 2.11 bits per heavy atom. The first kappa shape index (κ1) is 14.1. The van der Waals surface area contributed by atoms with Gasteiger partial charge < -0.3 is 4.74 Å². The maximum absolute atomic E-state index is 11.8. The number of rotatable bonds is 4. The highest BCUT2D eigenvalue weighted by Crippen LogP contribution is 2.21. The lowest BCUT2D eigenvalue weighted by molar-refractivity contribution is -0.114. The van der Waals surface area contributed by atoms with Gasteiger partial charge in [-0.3, -0.25) is 14.3 Å². The third-order valence-electron chi connectivity index (χ3n) is 1.95. The second-order valence-corrected chi connectivity index (χ2v) is 3.93. The Morgan fingerprint density at radius 3 is 2.78 bits per heavy atom. The molecule has 0 radical (unpaired) electrons. The average molecular weight is 263 g/mol. The van der Waals surface area contributed by atoms with Crippen molar-refractivity contribution >= 4 is 23.0 Å². The SMILES string of the molecule is C=C/C=C/C(=O)NSC(=O)c1ccccc1OC. The van der Waals surface area contributed by atoms with Gasteiger partial charge in [0.2, 0.25) is 5.12 Å². The molecule has 0 saturated heterocycles. The Kier molecular flexibility index (Phi) is 5.73. The Balaban J connectivity index is 2.63. The second-order valence-electron chi connectivity index (χ2n) is 3.15. The van der Waals surface area contributed by atoms with E-state index < -0.39 is 0 Å². The molecule has 0 atom stereocenters. The summed E-state index contributed by atoms with van der Waals surface area (Å²) >= 11 is 0.714. The normalized spacial score (nSPS) is 10.1. The quantitative estimate of drug-likeness (QED) is 0.514. The molecule has 4 nitrogen and oxygen atoms in total. The third-order valence-corrected chi connectivity index (χ3v) is 2.66. The highest BCUT2D eigenvalue weighted by molar-refractivity contribution is 8.12. The van der Waals surface area contributed by atoms with Crippen LogP contribution in [-0.4, -0.2) is 18.1 Å². The molecule has 94 valence electrons. The standard InChI is InChI=1S/C13H13NO3S/c1-3-4-9-12(15)14-18-13(16)10-7-5-6-8-11(10)17-2/h3-9H,1H2,2H3,(H,14,15)/b9-4+. The van der Waals surface area contributed by atoms with E-state index in [2.05, 4.69) is 11.3 Å². The van der Waals surface area contributed by atoms with Gasteiger partial charge in [0.25, 0.3) is 5.91 Å². The minimum absolute atomic E-state index is 0.284. The fraction of sp³-hybridized carbons (Fsp3) is 0.0769. The number of allylic oxidation sites excluding steroid dienone is 2. The molecule has 0 spiro atoms. The maximum Gasteiger partial charge on any atom is 0.254 e. The Morgan fingerprint density at radius 1 is 1.39 bits per heavy atom. The van der Waals surface area contributed by atoms with Crippen molar-refractivity contribution in [2.75, 3.05) is 7.11 Å². The van der Waals surface area contributed by atoms with Crippen LogP contribution < -0.4 is 9.46 Å². The number of hydrogen-bond donors (Lipinski definition) is 1. The average Bonchev–Trinajstić information content (AvgIpc) is 2.42. The molecule has 0 saturated carbocycles. The highest BCUT2D eigenvalue weighted by Gasteiger charge is 2.12. The maximum atomic E-state index is 11.8. The molecular weight excluding hydrogens is 250 g/mol. The van der Waals surface area contributed by atoms with Crippen molar-refractivity contribution in [1.82, 2.24) is 4.72 Å². The van der Waals surface area contributed by atoms with Crippen LogP contribution in [0.4, 0.5) is 0 Å². The van der Waals surface area contributed by atoms with Gasteiger partial charge in [-0.05, 0) is 12.1 Å². The lowest BCUT2D eigenvalue weighted by Gasteiger charge is -2.06. The van der Waals surface area contributed by atoms with E-state index in [1.165, 1.54) is 25.3 Å². The molecule has 18 heavy (non-hydrogen) atoms. The van der Waals surface area contributed by atoms with Gasteiger partial charge in [-0.25, -0.2) is 0 Å². The van der Waals surface area contributed by atoms with Crippen LogP contribution in [0.15, 0.2) is 49.1 Å². The van der Waals surface area contributed by atoms with Crippen LogP contribution in [0.3, 0.4) is 0 Å². The summed E-state index contributed by atoms with van der Waals surface area (Å²) in [5, 5.41) is -0.284. The smallest absolute Gasteiger partial charge is 0.254 e. The third kappa shape index (κ3) is 4.10. The second kappa shape index (κ2) is 7.34. The topological polar surface area (TPSA) is 55.4 Å². The largest absolute Gasteiger partial charge is 0.496 e. The number of ether oxygens (including phenoxy) is 1. The Labute approximate surface area is 110 Å². The summed E-state index contributed by atoms with van der Waals surface area (Å²) in [7, 11) is 1.49. The van der Waals surface area contributed by atoms with E-state index in [1.807, 2.05) is 0 Å². The van der Waals surface area contributed by atoms with Crippen LogP contribution in [0.1, 0.15) is 10.4 Å². The van der Waals surface area contributed by atoms with Crippen LogP contribution in [0.25, 0.3) is 0 Å². The van der Waals surface area contributed by atoms with Crippen LogP contribution in [-0.2, 0) is 4.79 Å². The van der Waals surface area contributed by atoms with Gasteiger partial charge in [0.15, 0.2) is 0 Å². The molecule has 0 heterocycles. The monoisotopic (exact) mass is 263 g/mol. The fourth-order valence-electron chi connectivity index (χ4n) is 1.15. The van der Waals surface area contributed by atoms with E-state index in [4.69, 9.17) is 4.74 Å². The van der Waals surface area contributed by atoms with Gasteiger partial charge in [-0.2, -0.15) is 0 Å². The zero-order chi connectivity index (χ0) is 13.4. The van der Waals surface area contributed by atoms with E-state index >= 15 is 0 Å². The zero-order valence-electron chi connectivity index (χ0n) is 9.88. The fourth-order valence-corrected chi connectivity index (χ4v) is 1.69. The van der Waals surface area contributed by atoms with Crippen molar-refractivity contribution in [3.63, 3.8) is 0 Å². The summed E-state index contributed by atoms with van der Waals surface area (Å²) in [6, 6.07) is 6.83. The van der Waals surface area contributed by atoms with Crippen molar-refractivity contribution in [3.05, 3.63) is 54.6 Å². The van der Waals surface area contributed by atoms with Crippen molar-refractivity contribution < 1.29 is 14.3 Å². The van der Waals surface area contributed by atoms with Gasteiger partial charge in [-0.1, -0.05) is 30.9 Å². The van der Waals surface area contributed by atoms with Crippen LogP contribution in [0.5, 0.6) is 5.75 Å². The van der Waals surface area contributed by atoms with Gasteiger partial charge in [0, 0.05) is 18.0 Å². The molecule has 1 aromatic rings. The molecule has 0 aliphatic rings.